The number of carbonyl (C=O) groups excluding carboxylic acids is 3. The fourth-order valence-electron chi connectivity index (χ4n) is 6.50. The number of aromatic nitrogens is 4. The second kappa shape index (κ2) is 34.0. The topological polar surface area (TPSA) is 313 Å². The van der Waals surface area contributed by atoms with Gasteiger partial charge in [-0.1, -0.05) is 72.2 Å². The number of aliphatic hydroxyl groups is 1. The Morgan fingerprint density at radius 2 is 1.01 bits per heavy atom. The highest BCUT2D eigenvalue weighted by Crippen LogP contribution is 2.17. The molecule has 2 aromatic heterocycles. The fraction of sp³-hybridized carbons (Fsp3) is 0.286. The minimum absolute atomic E-state index is 0.0878. The lowest BCUT2D eigenvalue weighted by Gasteiger charge is -2.19. The Kier molecular flexibility index (Phi) is 26.7. The van der Waals surface area contributed by atoms with Crippen LogP contribution in [0.2, 0.25) is 0 Å². The third kappa shape index (κ3) is 25.8. The van der Waals surface area contributed by atoms with E-state index in [0.29, 0.717) is 56.6 Å². The summed E-state index contributed by atoms with van der Waals surface area (Å²) in [6.45, 7) is 13.3. The fourth-order valence-corrected chi connectivity index (χ4v) is 6.50. The van der Waals surface area contributed by atoms with Gasteiger partial charge in [0, 0.05) is 80.8 Å². The van der Waals surface area contributed by atoms with E-state index in [1.54, 1.807) is 65.9 Å². The predicted molar refractivity (Wildman–Crippen MR) is 320 cm³/mol. The molecular weight excluding hydrogens is 1070 g/mol. The lowest BCUT2D eigenvalue weighted by molar-refractivity contribution is -0.150. The molecule has 0 aliphatic carbocycles. The smallest absolute Gasteiger partial charge is 0.407 e. The first-order valence-electron chi connectivity index (χ1n) is 26.2. The average molecular weight is 1140 g/mol. The molecule has 21 nitrogen and oxygen atoms in total. The number of nitrogens with zero attached hydrogens (tertiary/aromatic N) is 8. The number of nitrogen functional groups attached to an aromatic ring is 2. The van der Waals surface area contributed by atoms with E-state index >= 15 is 0 Å². The largest absolute Gasteiger partial charge is 0.459 e. The van der Waals surface area contributed by atoms with Gasteiger partial charge in [-0.25, -0.2) is 24.4 Å². The highest BCUT2D eigenvalue weighted by atomic mass is 16.6. The predicted octanol–water partition coefficient (Wildman–Crippen LogP) is 7.50. The van der Waals surface area contributed by atoms with Crippen LogP contribution in [0.15, 0.2) is 145 Å². The van der Waals surface area contributed by atoms with Crippen molar-refractivity contribution in [2.24, 2.45) is 5.73 Å². The molecule has 436 valence electrons. The quantitative estimate of drug-likeness (QED) is 0.0183. The van der Waals surface area contributed by atoms with E-state index in [1.807, 2.05) is 127 Å². The number of carbonyl (C=O) groups is 3. The van der Waals surface area contributed by atoms with Crippen molar-refractivity contribution >= 4 is 41.0 Å². The number of nitrogens with one attached hydrogen (secondary N) is 1. The Hall–Kier alpha value is -10.5. The molecule has 0 radical (unpaired) electrons. The van der Waals surface area contributed by atoms with E-state index in [1.165, 1.54) is 18.3 Å². The van der Waals surface area contributed by atoms with Crippen LogP contribution in [0.5, 0.6) is 12.0 Å². The monoisotopic (exact) mass is 1140 g/mol. The number of hydrogen-bond acceptors (Lipinski definition) is 20. The molecule has 1 amide bonds. The first-order chi connectivity index (χ1) is 40.1. The van der Waals surface area contributed by atoms with E-state index in [2.05, 4.69) is 48.9 Å². The number of anilines is 4. The molecule has 0 aliphatic rings. The zero-order chi connectivity index (χ0) is 61.5. The summed E-state index contributed by atoms with van der Waals surface area (Å²) < 4.78 is 26.6. The number of nitrogens with two attached hydrogens (primary N) is 3. The molecule has 6 aromatic rings. The summed E-state index contributed by atoms with van der Waals surface area (Å²) in [5.41, 5.74) is 22.3. The molecule has 8 N–H and O–H groups in total. The maximum absolute atomic E-state index is 12.1. The lowest BCUT2D eigenvalue weighted by Crippen LogP contribution is -2.28. The van der Waals surface area contributed by atoms with Gasteiger partial charge < -0.3 is 61.1 Å². The Morgan fingerprint density at radius 1 is 0.607 bits per heavy atom. The minimum atomic E-state index is -0.709. The van der Waals surface area contributed by atoms with Crippen molar-refractivity contribution in [2.45, 2.75) is 79.0 Å². The molecule has 21 heteroatoms. The summed E-state index contributed by atoms with van der Waals surface area (Å²) >= 11 is 0. The second-order valence-electron chi connectivity index (χ2n) is 20.0. The van der Waals surface area contributed by atoms with Gasteiger partial charge in [0.2, 0.25) is 0 Å². The van der Waals surface area contributed by atoms with Crippen LogP contribution in [0.4, 0.5) is 27.8 Å². The van der Waals surface area contributed by atoms with Crippen LogP contribution in [0, 0.1) is 46.3 Å². The molecule has 0 unspecified atom stereocenters. The lowest BCUT2D eigenvalue weighted by atomic mass is 10.1. The summed E-state index contributed by atoms with van der Waals surface area (Å²) in [6, 6.07) is 37.6. The number of rotatable bonds is 18. The third-order valence-electron chi connectivity index (χ3n) is 10.8. The van der Waals surface area contributed by atoms with Gasteiger partial charge in [0.15, 0.2) is 0 Å². The van der Waals surface area contributed by atoms with Crippen LogP contribution in [-0.4, -0.2) is 94.7 Å². The van der Waals surface area contributed by atoms with Gasteiger partial charge in [-0.15, -0.1) is 0 Å². The number of alkyl carbamates (subject to hydrolysis) is 1. The summed E-state index contributed by atoms with van der Waals surface area (Å²) in [6.07, 6.45) is 5.10. The minimum Gasteiger partial charge on any atom is -0.459 e. The summed E-state index contributed by atoms with van der Waals surface area (Å²) in [4.78, 5) is 55.7. The molecule has 6 rings (SSSR count). The van der Waals surface area contributed by atoms with Gasteiger partial charge in [0.25, 0.3) is 0 Å². The number of benzene rings is 4. The van der Waals surface area contributed by atoms with Crippen LogP contribution in [0.1, 0.15) is 74.9 Å². The van der Waals surface area contributed by atoms with E-state index in [-0.39, 0.29) is 36.4 Å². The molecular formula is C63H70N12O9. The molecule has 0 saturated carbocycles. The van der Waals surface area contributed by atoms with Crippen LogP contribution in [0.3, 0.4) is 0 Å². The Morgan fingerprint density at radius 3 is 1.39 bits per heavy atom. The zero-order valence-corrected chi connectivity index (χ0v) is 48.4. The SMILES string of the molecule is CN(CCO)c1ccc(C#C/C=C(\C#N)C(=O)OC(C)(C)C)cc1.CN(CCOC(=O)NCc1ccc(COc2nccc(N)n2)cc1)c1ccc(C#C/C=C(\C#N)C(=O)OC(C)(C)C)cc1.NCc1ccc(COc2nccc(N)n2)cc1. The van der Waals surface area contributed by atoms with Crippen LogP contribution in [0.25, 0.3) is 0 Å². The van der Waals surface area contributed by atoms with Gasteiger partial charge in [0.05, 0.1) is 13.2 Å². The van der Waals surface area contributed by atoms with Gasteiger partial charge in [-0.2, -0.15) is 20.5 Å². The van der Waals surface area contributed by atoms with Crippen LogP contribution in [-0.2, 0) is 50.1 Å². The molecule has 4 aromatic carbocycles. The number of likely N-dealkylation sites (N-methyl/N-ethyl adjacent to an activating group) is 2. The van der Waals surface area contributed by atoms with E-state index in [4.69, 9.17) is 51.3 Å². The Bertz CT molecular complexity index is 3380. The van der Waals surface area contributed by atoms with Gasteiger partial charge in [0.1, 0.15) is 65.9 Å². The zero-order valence-electron chi connectivity index (χ0n) is 48.4. The van der Waals surface area contributed by atoms with Gasteiger partial charge >= 0.3 is 30.1 Å². The summed E-state index contributed by atoms with van der Waals surface area (Å²) in [5.74, 6) is 10.5. The molecule has 0 spiro atoms. The maximum Gasteiger partial charge on any atom is 0.407 e. The van der Waals surface area contributed by atoms with Crippen molar-refractivity contribution in [1.29, 1.82) is 10.5 Å². The molecule has 0 bridgehead atoms. The number of amides is 1. The maximum atomic E-state index is 12.1. The van der Waals surface area contributed by atoms with Crippen molar-refractivity contribution in [3.8, 4) is 47.8 Å². The van der Waals surface area contributed by atoms with Crippen LogP contribution < -0.4 is 41.8 Å². The van der Waals surface area contributed by atoms with Gasteiger partial charge in [-0.3, -0.25) is 0 Å². The molecule has 0 aliphatic heterocycles. The summed E-state index contributed by atoms with van der Waals surface area (Å²) in [7, 11) is 3.77. The molecule has 2 heterocycles. The molecule has 0 fully saturated rings. The first-order valence-corrected chi connectivity index (χ1v) is 26.2. The molecule has 84 heavy (non-hydrogen) atoms. The number of allylic oxidation sites excluding steroid dienone is 2. The van der Waals surface area contributed by atoms with Crippen molar-refractivity contribution < 1.29 is 43.2 Å². The number of aliphatic hydroxyl groups excluding tert-OH is 1. The number of esters is 2. The number of nitriles is 2. The Balaban J connectivity index is 0.000000307. The Labute approximate surface area is 490 Å². The number of ether oxygens (including phenoxy) is 5. The van der Waals surface area contributed by atoms with E-state index < -0.39 is 29.2 Å². The van der Waals surface area contributed by atoms with Crippen molar-refractivity contribution in [1.82, 2.24) is 25.3 Å². The highest BCUT2D eigenvalue weighted by Gasteiger charge is 2.20. The highest BCUT2D eigenvalue weighted by molar-refractivity contribution is 5.94. The average Bonchev–Trinajstić information content (AvgIpc) is 3.53. The van der Waals surface area contributed by atoms with Gasteiger partial charge in [-0.05, 0) is 124 Å². The van der Waals surface area contributed by atoms with E-state index in [9.17, 15) is 19.6 Å². The van der Waals surface area contributed by atoms with Crippen molar-refractivity contribution in [2.75, 3.05) is 61.7 Å². The molecule has 0 atom stereocenters. The van der Waals surface area contributed by atoms with Crippen molar-refractivity contribution in [3.05, 3.63) is 178 Å². The van der Waals surface area contributed by atoms with E-state index in [0.717, 1.165) is 39.2 Å². The standard InChI is InChI=1S/C32H34N6O5.C19H22N2O3.C12H14N4O/c1-32(2,3)43-29(39)26(20-33)7-5-6-23-12-14-27(15-13-23)38(4)18-19-41-31(40)36-21-24-8-10-25(11-9-24)22-42-30-35-17-16-28(34)37-30;1-19(2,3)24-18(23)16(14-20)7-5-6-15-8-10-17(11-9-15)21(4)12-13-22;13-7-9-1-3-10(4-2-9)8-17-12-15-6-5-11(14)16-12/h7-17H,18-19,21-22H2,1-4H3,(H,36,40)(H2,34,35,37);7-11,22H,12-13H2,1-4H3;1-6H,7-8,13H2,(H2,14,15,16)/b26-7+;16-7+;. The normalized spacial score (nSPS) is 10.8. The number of hydrogen-bond donors (Lipinski definition) is 5. The van der Waals surface area contributed by atoms with Crippen molar-refractivity contribution in [3.63, 3.8) is 0 Å². The van der Waals surface area contributed by atoms with Crippen LogP contribution >= 0.6 is 0 Å². The first kappa shape index (κ1) is 66.1. The molecule has 0 saturated heterocycles. The second-order valence-corrected chi connectivity index (χ2v) is 20.0. The summed E-state index contributed by atoms with van der Waals surface area (Å²) in [5, 5.41) is 29.9. The third-order valence-corrected chi connectivity index (χ3v) is 10.8.